The zero-order chi connectivity index (χ0) is 10.4. The summed E-state index contributed by atoms with van der Waals surface area (Å²) in [6.45, 7) is 4.42. The number of nitrogens with zero attached hydrogens (tertiary/aromatic N) is 1. The normalized spacial score (nSPS) is 10.9. The van der Waals surface area contributed by atoms with Crippen LogP contribution in [0.4, 0.5) is 3.89 Å². The van der Waals surface area contributed by atoms with Gasteiger partial charge in [-0.15, -0.1) is 0 Å². The van der Waals surface area contributed by atoms with Gasteiger partial charge in [-0.25, -0.2) is 0 Å². The van der Waals surface area contributed by atoms with Crippen molar-refractivity contribution in [2.45, 2.75) is 38.0 Å². The number of halogens is 1. The van der Waals surface area contributed by atoms with Gasteiger partial charge in [0.25, 0.3) is 0 Å². The van der Waals surface area contributed by atoms with Gasteiger partial charge in [0.2, 0.25) is 0 Å². The molecule has 0 fully saturated rings. The van der Waals surface area contributed by atoms with Crippen molar-refractivity contribution in [2.75, 3.05) is 0 Å². The van der Waals surface area contributed by atoms with Gasteiger partial charge in [0.05, 0.1) is 12.1 Å². The second-order valence-electron chi connectivity index (χ2n) is 3.85. The first-order chi connectivity index (χ1) is 6.72. The Hall–Kier alpha value is -0.570. The third-order valence-corrected chi connectivity index (χ3v) is 2.52. The molecule has 0 saturated heterocycles. The Kier molecular flexibility index (Phi) is 4.94. The van der Waals surface area contributed by atoms with Crippen LogP contribution in [0.15, 0.2) is 23.2 Å². The topological polar surface area (TPSA) is 12.9 Å². The molecule has 0 atom stereocenters. The molecule has 1 aromatic heterocycles. The smallest absolute Gasteiger partial charge is 0.0813 e. The van der Waals surface area contributed by atoms with Gasteiger partial charge in [-0.3, -0.25) is 4.98 Å². The van der Waals surface area contributed by atoms with E-state index in [1.807, 2.05) is 6.07 Å². The second-order valence-corrected chi connectivity index (χ2v) is 4.47. The van der Waals surface area contributed by atoms with Crippen LogP contribution in [0.25, 0.3) is 0 Å². The number of rotatable bonds is 5. The SMILES string of the molecule is CC(C)CCCc1cc(SF)ccn1. The van der Waals surface area contributed by atoms with E-state index in [-0.39, 0.29) is 12.1 Å². The average molecular weight is 213 g/mol. The van der Waals surface area contributed by atoms with Crippen molar-refractivity contribution in [1.82, 2.24) is 4.98 Å². The van der Waals surface area contributed by atoms with Crippen LogP contribution in [0.5, 0.6) is 0 Å². The first kappa shape index (κ1) is 11.5. The summed E-state index contributed by atoms with van der Waals surface area (Å²) in [6, 6.07) is 3.52. The van der Waals surface area contributed by atoms with E-state index in [0.717, 1.165) is 24.5 Å². The molecule has 0 aliphatic carbocycles. The van der Waals surface area contributed by atoms with Crippen LogP contribution in [0.3, 0.4) is 0 Å². The Labute approximate surface area is 89.4 Å². The third kappa shape index (κ3) is 4.09. The highest BCUT2D eigenvalue weighted by Crippen LogP contribution is 2.19. The van der Waals surface area contributed by atoms with Crippen molar-refractivity contribution in [3.05, 3.63) is 24.0 Å². The van der Waals surface area contributed by atoms with Gasteiger partial charge >= 0.3 is 0 Å². The third-order valence-electron chi connectivity index (χ3n) is 2.09. The minimum absolute atomic E-state index is 0.283. The molecule has 0 radical (unpaired) electrons. The second kappa shape index (κ2) is 6.02. The highest BCUT2D eigenvalue weighted by atomic mass is 32.2. The van der Waals surface area contributed by atoms with E-state index in [1.165, 1.54) is 6.42 Å². The highest BCUT2D eigenvalue weighted by molar-refractivity contribution is 7.94. The van der Waals surface area contributed by atoms with E-state index < -0.39 is 0 Å². The number of hydrogen-bond acceptors (Lipinski definition) is 2. The fourth-order valence-corrected chi connectivity index (χ4v) is 1.63. The maximum absolute atomic E-state index is 12.2. The predicted molar refractivity (Wildman–Crippen MR) is 59.0 cm³/mol. The van der Waals surface area contributed by atoms with Crippen LogP contribution in [-0.4, -0.2) is 4.98 Å². The quantitative estimate of drug-likeness (QED) is 0.732. The molecule has 0 amide bonds. The van der Waals surface area contributed by atoms with E-state index in [9.17, 15) is 3.89 Å². The van der Waals surface area contributed by atoms with Crippen LogP contribution >= 0.6 is 12.1 Å². The van der Waals surface area contributed by atoms with Crippen molar-refractivity contribution in [2.24, 2.45) is 5.92 Å². The number of aryl methyl sites for hydroxylation is 1. The molecule has 0 aliphatic rings. The van der Waals surface area contributed by atoms with Gasteiger partial charge in [0.15, 0.2) is 0 Å². The zero-order valence-corrected chi connectivity index (χ0v) is 9.48. The molecule has 0 unspecified atom stereocenters. The van der Waals surface area contributed by atoms with Crippen molar-refractivity contribution in [3.63, 3.8) is 0 Å². The molecule has 3 heteroatoms. The lowest BCUT2D eigenvalue weighted by atomic mass is 10.1. The van der Waals surface area contributed by atoms with Crippen molar-refractivity contribution in [1.29, 1.82) is 0 Å². The standard InChI is InChI=1S/C11H16FNS/c1-9(2)4-3-5-10-8-11(14-12)6-7-13-10/h6-9H,3-5H2,1-2H3. The lowest BCUT2D eigenvalue weighted by Gasteiger charge is -2.04. The van der Waals surface area contributed by atoms with Gasteiger partial charge in [0, 0.05) is 16.8 Å². The van der Waals surface area contributed by atoms with Gasteiger partial charge in [-0.2, -0.15) is 3.89 Å². The number of hydrogen-bond donors (Lipinski definition) is 0. The largest absolute Gasteiger partial charge is 0.261 e. The summed E-state index contributed by atoms with van der Waals surface area (Å²) in [5.74, 6) is 0.730. The molecule has 1 heterocycles. The summed E-state index contributed by atoms with van der Waals surface area (Å²) < 4.78 is 12.2. The van der Waals surface area contributed by atoms with Crippen LogP contribution in [0.1, 0.15) is 32.4 Å². The fourth-order valence-electron chi connectivity index (χ4n) is 1.33. The summed E-state index contributed by atoms with van der Waals surface area (Å²) in [6.07, 6.45) is 4.96. The monoisotopic (exact) mass is 213 g/mol. The summed E-state index contributed by atoms with van der Waals surface area (Å²) in [7, 11) is 0. The van der Waals surface area contributed by atoms with Crippen molar-refractivity contribution >= 4 is 12.1 Å². The van der Waals surface area contributed by atoms with Crippen LogP contribution in [-0.2, 0) is 6.42 Å². The fraction of sp³-hybridized carbons (Fsp3) is 0.545. The van der Waals surface area contributed by atoms with Crippen LogP contribution < -0.4 is 0 Å². The molecule has 0 saturated carbocycles. The molecule has 0 aromatic carbocycles. The predicted octanol–water partition coefficient (Wildman–Crippen LogP) is 4.04. The molecule has 1 rings (SSSR count). The van der Waals surface area contributed by atoms with E-state index in [1.54, 1.807) is 12.3 Å². The Morgan fingerprint density at radius 1 is 1.50 bits per heavy atom. The lowest BCUT2D eigenvalue weighted by Crippen LogP contribution is -1.93. The Morgan fingerprint density at radius 3 is 2.93 bits per heavy atom. The Bertz CT molecular complexity index is 276. The van der Waals surface area contributed by atoms with Gasteiger partial charge in [-0.1, -0.05) is 20.3 Å². The Balaban J connectivity index is 2.42. The van der Waals surface area contributed by atoms with Gasteiger partial charge in [0.1, 0.15) is 0 Å². The first-order valence-electron chi connectivity index (χ1n) is 4.96. The van der Waals surface area contributed by atoms with E-state index in [4.69, 9.17) is 0 Å². The zero-order valence-electron chi connectivity index (χ0n) is 8.66. The summed E-state index contributed by atoms with van der Waals surface area (Å²) >= 11 is 0.283. The summed E-state index contributed by atoms with van der Waals surface area (Å²) in [5.41, 5.74) is 0.994. The van der Waals surface area contributed by atoms with Gasteiger partial charge < -0.3 is 0 Å². The van der Waals surface area contributed by atoms with Crippen molar-refractivity contribution < 1.29 is 3.89 Å². The number of pyridine rings is 1. The summed E-state index contributed by atoms with van der Waals surface area (Å²) in [5, 5.41) is 0. The maximum Gasteiger partial charge on any atom is 0.0813 e. The van der Waals surface area contributed by atoms with Crippen LogP contribution in [0, 0.1) is 5.92 Å². The highest BCUT2D eigenvalue weighted by Gasteiger charge is 1.99. The maximum atomic E-state index is 12.2. The molecular weight excluding hydrogens is 197 g/mol. The summed E-state index contributed by atoms with van der Waals surface area (Å²) in [4.78, 5) is 4.86. The molecule has 14 heavy (non-hydrogen) atoms. The minimum Gasteiger partial charge on any atom is -0.261 e. The van der Waals surface area contributed by atoms with E-state index in [0.29, 0.717) is 4.90 Å². The average Bonchev–Trinajstić information content (AvgIpc) is 2.18. The number of aromatic nitrogens is 1. The molecule has 0 N–H and O–H groups in total. The molecule has 0 aliphatic heterocycles. The lowest BCUT2D eigenvalue weighted by molar-refractivity contribution is 0.553. The van der Waals surface area contributed by atoms with Gasteiger partial charge in [-0.05, 0) is 30.9 Å². The van der Waals surface area contributed by atoms with E-state index >= 15 is 0 Å². The Morgan fingerprint density at radius 2 is 2.29 bits per heavy atom. The van der Waals surface area contributed by atoms with E-state index in [2.05, 4.69) is 18.8 Å². The molecule has 0 spiro atoms. The minimum atomic E-state index is 0.283. The van der Waals surface area contributed by atoms with Crippen molar-refractivity contribution in [3.8, 4) is 0 Å². The molecule has 78 valence electrons. The first-order valence-corrected chi connectivity index (χ1v) is 5.67. The van der Waals surface area contributed by atoms with Crippen LogP contribution in [0.2, 0.25) is 0 Å². The molecule has 0 bridgehead atoms. The molecule has 1 nitrogen and oxygen atoms in total. The molecular formula is C11H16FNS. The molecule has 1 aromatic rings.